The first-order valence-corrected chi connectivity index (χ1v) is 6.65. The molecule has 1 aliphatic rings. The van der Waals surface area contributed by atoms with Gasteiger partial charge in [0.25, 0.3) is 0 Å². The number of carboxylic acids is 1. The molecule has 17 heavy (non-hydrogen) atoms. The summed E-state index contributed by atoms with van der Waals surface area (Å²) in [4.78, 5) is 10.8. The molecule has 0 spiro atoms. The van der Waals surface area contributed by atoms with E-state index in [1.165, 1.54) is 18.1 Å². The standard InChI is InChI=1S/C14H15BrO2/c15-12-6-3-5-10(8-12)13-7-2-1-4-11(13)9-14(16)17/h3,5-6,8-9,13H,1-2,4,7H2,(H,16,17)/b11-9+. The number of carboxylic acid groups (broad SMARTS) is 1. The van der Waals surface area contributed by atoms with Gasteiger partial charge in [0.15, 0.2) is 0 Å². The molecule has 1 atom stereocenters. The van der Waals surface area contributed by atoms with Crippen LogP contribution in [-0.2, 0) is 4.79 Å². The highest BCUT2D eigenvalue weighted by Gasteiger charge is 2.21. The van der Waals surface area contributed by atoms with Gasteiger partial charge in [-0.15, -0.1) is 0 Å². The number of allylic oxidation sites excluding steroid dienone is 1. The molecule has 2 rings (SSSR count). The minimum absolute atomic E-state index is 0.275. The maximum absolute atomic E-state index is 10.8. The molecule has 0 amide bonds. The van der Waals surface area contributed by atoms with Crippen molar-refractivity contribution in [1.82, 2.24) is 0 Å². The Morgan fingerprint density at radius 1 is 1.41 bits per heavy atom. The Bertz CT molecular complexity index is 451. The first-order chi connectivity index (χ1) is 8.16. The zero-order valence-electron chi connectivity index (χ0n) is 9.53. The third-order valence-corrected chi connectivity index (χ3v) is 3.71. The van der Waals surface area contributed by atoms with Gasteiger partial charge in [-0.3, -0.25) is 0 Å². The molecule has 0 aromatic heterocycles. The molecule has 1 aromatic rings. The second kappa shape index (κ2) is 5.50. The smallest absolute Gasteiger partial charge is 0.328 e. The van der Waals surface area contributed by atoms with E-state index in [4.69, 9.17) is 5.11 Å². The summed E-state index contributed by atoms with van der Waals surface area (Å²) < 4.78 is 1.05. The highest BCUT2D eigenvalue weighted by Crippen LogP contribution is 2.37. The van der Waals surface area contributed by atoms with Gasteiger partial charge in [0.1, 0.15) is 0 Å². The molecule has 0 aliphatic heterocycles. The van der Waals surface area contributed by atoms with Crippen molar-refractivity contribution in [2.45, 2.75) is 31.6 Å². The van der Waals surface area contributed by atoms with Crippen LogP contribution in [0, 0.1) is 0 Å². The number of benzene rings is 1. The fourth-order valence-corrected chi connectivity index (χ4v) is 2.89. The van der Waals surface area contributed by atoms with Crippen LogP contribution in [0.15, 0.2) is 40.4 Å². The van der Waals surface area contributed by atoms with E-state index in [-0.39, 0.29) is 5.92 Å². The summed E-state index contributed by atoms with van der Waals surface area (Å²) in [6, 6.07) is 8.17. The predicted molar refractivity (Wildman–Crippen MR) is 71.1 cm³/mol. The van der Waals surface area contributed by atoms with Crippen LogP contribution in [0.3, 0.4) is 0 Å². The molecule has 1 aromatic carbocycles. The molecule has 3 heteroatoms. The van der Waals surface area contributed by atoms with Gasteiger partial charge in [0, 0.05) is 16.5 Å². The molecule has 2 nitrogen and oxygen atoms in total. The number of aliphatic carboxylic acids is 1. The predicted octanol–water partition coefficient (Wildman–Crippen LogP) is 4.12. The summed E-state index contributed by atoms with van der Waals surface area (Å²) in [6.07, 6.45) is 5.63. The van der Waals surface area contributed by atoms with Gasteiger partial charge >= 0.3 is 5.97 Å². The Morgan fingerprint density at radius 2 is 2.24 bits per heavy atom. The lowest BCUT2D eigenvalue weighted by Crippen LogP contribution is -2.10. The van der Waals surface area contributed by atoms with Crippen molar-refractivity contribution in [3.05, 3.63) is 46.0 Å². The Hall–Kier alpha value is -1.09. The van der Waals surface area contributed by atoms with E-state index in [9.17, 15) is 4.79 Å². The Balaban J connectivity index is 2.31. The van der Waals surface area contributed by atoms with E-state index < -0.39 is 5.97 Å². The quantitative estimate of drug-likeness (QED) is 0.833. The number of carbonyl (C=O) groups is 1. The van der Waals surface area contributed by atoms with Crippen molar-refractivity contribution >= 4 is 21.9 Å². The molecular weight excluding hydrogens is 280 g/mol. The first kappa shape index (κ1) is 12.4. The summed E-state index contributed by atoms with van der Waals surface area (Å²) in [5.41, 5.74) is 2.27. The second-order valence-electron chi connectivity index (χ2n) is 4.41. The SMILES string of the molecule is O=C(O)/C=C1\CCCCC1c1cccc(Br)c1. The van der Waals surface area contributed by atoms with E-state index in [0.29, 0.717) is 0 Å². The van der Waals surface area contributed by atoms with Crippen molar-refractivity contribution in [2.75, 3.05) is 0 Å². The summed E-state index contributed by atoms with van der Waals surface area (Å²) in [5.74, 6) is -0.556. The van der Waals surface area contributed by atoms with Gasteiger partial charge in [0.05, 0.1) is 0 Å². The van der Waals surface area contributed by atoms with Gasteiger partial charge in [0.2, 0.25) is 0 Å². The summed E-state index contributed by atoms with van der Waals surface area (Å²) >= 11 is 3.46. The largest absolute Gasteiger partial charge is 0.478 e. The van der Waals surface area contributed by atoms with Crippen molar-refractivity contribution in [3.63, 3.8) is 0 Å². The van der Waals surface area contributed by atoms with Crippen molar-refractivity contribution in [1.29, 1.82) is 0 Å². The highest BCUT2D eigenvalue weighted by molar-refractivity contribution is 9.10. The third-order valence-electron chi connectivity index (χ3n) is 3.22. The molecule has 90 valence electrons. The van der Waals surface area contributed by atoms with Crippen LogP contribution in [0.25, 0.3) is 0 Å². The summed E-state index contributed by atoms with van der Waals surface area (Å²) in [7, 11) is 0. The zero-order valence-corrected chi connectivity index (χ0v) is 11.1. The van der Waals surface area contributed by atoms with E-state index >= 15 is 0 Å². The van der Waals surface area contributed by atoms with Crippen molar-refractivity contribution in [3.8, 4) is 0 Å². The number of rotatable bonds is 2. The lowest BCUT2D eigenvalue weighted by molar-refractivity contribution is -0.131. The van der Waals surface area contributed by atoms with Crippen LogP contribution in [0.5, 0.6) is 0 Å². The first-order valence-electron chi connectivity index (χ1n) is 5.85. The van der Waals surface area contributed by atoms with E-state index in [1.807, 2.05) is 12.1 Å². The van der Waals surface area contributed by atoms with Gasteiger partial charge in [-0.2, -0.15) is 0 Å². The number of hydrogen-bond donors (Lipinski definition) is 1. The Morgan fingerprint density at radius 3 is 2.94 bits per heavy atom. The molecule has 1 N–H and O–H groups in total. The molecule has 1 fully saturated rings. The van der Waals surface area contributed by atoms with Crippen LogP contribution in [-0.4, -0.2) is 11.1 Å². The van der Waals surface area contributed by atoms with E-state index in [2.05, 4.69) is 28.1 Å². The molecular formula is C14H15BrO2. The van der Waals surface area contributed by atoms with Crippen LogP contribution < -0.4 is 0 Å². The fourth-order valence-electron chi connectivity index (χ4n) is 2.47. The monoisotopic (exact) mass is 294 g/mol. The lowest BCUT2D eigenvalue weighted by atomic mass is 9.79. The van der Waals surface area contributed by atoms with Crippen LogP contribution >= 0.6 is 15.9 Å². The normalized spacial score (nSPS) is 22.6. The Labute approximate surface area is 109 Å². The Kier molecular flexibility index (Phi) is 4.00. The van der Waals surface area contributed by atoms with Crippen LogP contribution in [0.1, 0.15) is 37.2 Å². The molecule has 0 bridgehead atoms. The van der Waals surface area contributed by atoms with Crippen molar-refractivity contribution in [2.24, 2.45) is 0 Å². The molecule has 0 saturated heterocycles. The summed E-state index contributed by atoms with van der Waals surface area (Å²) in [5, 5.41) is 8.90. The topological polar surface area (TPSA) is 37.3 Å². The second-order valence-corrected chi connectivity index (χ2v) is 5.33. The van der Waals surface area contributed by atoms with E-state index in [0.717, 1.165) is 29.3 Å². The summed E-state index contributed by atoms with van der Waals surface area (Å²) in [6.45, 7) is 0. The van der Waals surface area contributed by atoms with Gasteiger partial charge < -0.3 is 5.11 Å². The van der Waals surface area contributed by atoms with Crippen LogP contribution in [0.2, 0.25) is 0 Å². The molecule has 1 unspecified atom stereocenters. The maximum Gasteiger partial charge on any atom is 0.328 e. The molecule has 0 heterocycles. The minimum Gasteiger partial charge on any atom is -0.478 e. The molecule has 0 radical (unpaired) electrons. The van der Waals surface area contributed by atoms with E-state index in [1.54, 1.807) is 0 Å². The molecule has 1 saturated carbocycles. The highest BCUT2D eigenvalue weighted by atomic mass is 79.9. The zero-order chi connectivity index (χ0) is 12.3. The average molecular weight is 295 g/mol. The van der Waals surface area contributed by atoms with Gasteiger partial charge in [-0.25, -0.2) is 4.79 Å². The van der Waals surface area contributed by atoms with Gasteiger partial charge in [-0.1, -0.05) is 40.1 Å². The molecule has 1 aliphatic carbocycles. The maximum atomic E-state index is 10.8. The number of halogens is 1. The fraction of sp³-hybridized carbons (Fsp3) is 0.357. The van der Waals surface area contributed by atoms with Crippen LogP contribution in [0.4, 0.5) is 0 Å². The van der Waals surface area contributed by atoms with Gasteiger partial charge in [-0.05, 0) is 37.0 Å². The average Bonchev–Trinajstić information content (AvgIpc) is 2.29. The van der Waals surface area contributed by atoms with Crippen molar-refractivity contribution < 1.29 is 9.90 Å². The minimum atomic E-state index is -0.832. The lowest BCUT2D eigenvalue weighted by Gasteiger charge is -2.25. The number of hydrogen-bond acceptors (Lipinski definition) is 1. The third kappa shape index (κ3) is 3.19.